The number of halogens is 2. The lowest BCUT2D eigenvalue weighted by atomic mass is 10.2. The molecule has 1 aliphatic heterocycles. The highest BCUT2D eigenvalue weighted by atomic mass is 35.5. The number of benzene rings is 2. The maximum atomic E-state index is 13.1. The Morgan fingerprint density at radius 2 is 1.79 bits per heavy atom. The summed E-state index contributed by atoms with van der Waals surface area (Å²) in [5, 5.41) is 11.1. The monoisotopic (exact) mass is 404 g/mol. The van der Waals surface area contributed by atoms with Crippen LogP contribution >= 0.6 is 11.6 Å². The molecule has 1 fully saturated rings. The van der Waals surface area contributed by atoms with E-state index in [9.17, 15) is 14.3 Å². The Morgan fingerprint density at radius 1 is 1.07 bits per heavy atom. The lowest BCUT2D eigenvalue weighted by Crippen LogP contribution is -2.49. The number of β-amino-alcohol motifs (C(OH)–C–C–N with tert-alkyl or cyclic N) is 1. The van der Waals surface area contributed by atoms with Crippen LogP contribution < -0.4 is 10.6 Å². The minimum absolute atomic E-state index is 0.221. The molecular weight excluding hydrogens is 383 g/mol. The number of anilines is 1. The maximum Gasteiger partial charge on any atom is 0.326 e. The van der Waals surface area contributed by atoms with Gasteiger partial charge in [0.15, 0.2) is 0 Å². The van der Waals surface area contributed by atoms with Crippen LogP contribution in [0, 0.1) is 5.82 Å². The molecular formula is C20H22ClFN4O2. The number of hydrogen-bond acceptors (Lipinski definition) is 4. The van der Waals surface area contributed by atoms with Crippen LogP contribution in [0.3, 0.4) is 0 Å². The molecule has 2 N–H and O–H groups in total. The highest BCUT2D eigenvalue weighted by Crippen LogP contribution is 2.18. The van der Waals surface area contributed by atoms with Crippen LogP contribution in [0.1, 0.15) is 0 Å². The molecule has 0 amide bonds. The molecule has 1 saturated heterocycles. The molecule has 148 valence electrons. The highest BCUT2D eigenvalue weighted by Gasteiger charge is 2.20. The Labute approximate surface area is 166 Å². The average Bonchev–Trinajstić information content (AvgIpc) is 2.97. The molecule has 8 heteroatoms. The molecule has 1 aliphatic rings. The number of nitrogens with one attached hydrogen (secondary N) is 1. The van der Waals surface area contributed by atoms with Gasteiger partial charge in [0, 0.05) is 43.4 Å². The van der Waals surface area contributed by atoms with E-state index in [-0.39, 0.29) is 18.1 Å². The van der Waals surface area contributed by atoms with Crippen molar-refractivity contribution in [3.05, 3.63) is 63.8 Å². The third-order valence-electron chi connectivity index (χ3n) is 5.16. The quantitative estimate of drug-likeness (QED) is 0.685. The van der Waals surface area contributed by atoms with Crippen molar-refractivity contribution in [1.82, 2.24) is 14.5 Å². The normalized spacial score (nSPS) is 16.6. The van der Waals surface area contributed by atoms with Crippen molar-refractivity contribution in [2.24, 2.45) is 0 Å². The van der Waals surface area contributed by atoms with E-state index in [4.69, 9.17) is 11.6 Å². The van der Waals surface area contributed by atoms with Gasteiger partial charge in [0.1, 0.15) is 5.82 Å². The van der Waals surface area contributed by atoms with E-state index in [1.807, 2.05) is 0 Å². The first-order valence-electron chi connectivity index (χ1n) is 9.28. The van der Waals surface area contributed by atoms with Crippen LogP contribution in [0.2, 0.25) is 5.02 Å². The SMILES string of the molecule is O=c1[nH]c2cc(Cl)ccc2n1CC(O)CN1CCN(c2ccc(F)cc2)CC1. The zero-order valence-corrected chi connectivity index (χ0v) is 16.1. The summed E-state index contributed by atoms with van der Waals surface area (Å²) in [6, 6.07) is 11.7. The van der Waals surface area contributed by atoms with Gasteiger partial charge < -0.3 is 15.0 Å². The van der Waals surface area contributed by atoms with E-state index in [2.05, 4.69) is 14.8 Å². The van der Waals surface area contributed by atoms with Gasteiger partial charge in [-0.2, -0.15) is 0 Å². The van der Waals surface area contributed by atoms with Crippen molar-refractivity contribution in [3.63, 3.8) is 0 Å². The topological polar surface area (TPSA) is 64.5 Å². The molecule has 2 aromatic carbocycles. The van der Waals surface area contributed by atoms with Gasteiger partial charge in [-0.3, -0.25) is 9.47 Å². The molecule has 2 heterocycles. The summed E-state index contributed by atoms with van der Waals surface area (Å²) in [4.78, 5) is 19.4. The molecule has 0 spiro atoms. The van der Waals surface area contributed by atoms with E-state index in [0.29, 0.717) is 17.1 Å². The second kappa shape index (κ2) is 7.95. The molecule has 28 heavy (non-hydrogen) atoms. The Kier molecular flexibility index (Phi) is 5.39. The second-order valence-corrected chi connectivity index (χ2v) is 7.56. The van der Waals surface area contributed by atoms with Gasteiger partial charge in [-0.15, -0.1) is 0 Å². The fourth-order valence-electron chi connectivity index (χ4n) is 3.72. The van der Waals surface area contributed by atoms with Crippen molar-refractivity contribution in [2.45, 2.75) is 12.6 Å². The predicted octanol–water partition coefficient (Wildman–Crippen LogP) is 2.31. The summed E-state index contributed by atoms with van der Waals surface area (Å²) in [6.45, 7) is 3.93. The standard InChI is InChI=1S/C20H22ClFN4O2/c21-14-1-6-19-18(11-14)23-20(28)26(19)13-17(27)12-24-7-9-25(10-8-24)16-4-2-15(22)3-5-16/h1-6,11,17,27H,7-10,12-13H2,(H,23,28). The molecule has 0 aliphatic carbocycles. The predicted molar refractivity (Wildman–Crippen MR) is 109 cm³/mol. The second-order valence-electron chi connectivity index (χ2n) is 7.12. The number of imidazole rings is 1. The fraction of sp³-hybridized carbons (Fsp3) is 0.350. The summed E-state index contributed by atoms with van der Waals surface area (Å²) in [6.07, 6.45) is -0.662. The number of aliphatic hydroxyl groups is 1. The molecule has 0 saturated carbocycles. The van der Waals surface area contributed by atoms with E-state index in [1.54, 1.807) is 34.9 Å². The zero-order valence-electron chi connectivity index (χ0n) is 15.3. The first kappa shape index (κ1) is 19.0. The first-order valence-corrected chi connectivity index (χ1v) is 9.66. The summed E-state index contributed by atoms with van der Waals surface area (Å²) in [7, 11) is 0. The zero-order chi connectivity index (χ0) is 19.7. The minimum Gasteiger partial charge on any atom is -0.390 e. The smallest absolute Gasteiger partial charge is 0.326 e. The Balaban J connectivity index is 1.35. The molecule has 1 unspecified atom stereocenters. The number of H-pyrrole nitrogens is 1. The Bertz CT molecular complexity index is 1010. The lowest BCUT2D eigenvalue weighted by molar-refractivity contribution is 0.0952. The first-order chi connectivity index (χ1) is 13.5. The van der Waals surface area contributed by atoms with Gasteiger partial charge in [-0.25, -0.2) is 9.18 Å². The number of rotatable bonds is 5. The van der Waals surface area contributed by atoms with Crippen LogP contribution in [-0.4, -0.2) is 58.4 Å². The van der Waals surface area contributed by atoms with Gasteiger partial charge in [-0.1, -0.05) is 11.6 Å². The minimum atomic E-state index is -0.662. The van der Waals surface area contributed by atoms with Gasteiger partial charge in [0.2, 0.25) is 0 Å². The lowest BCUT2D eigenvalue weighted by Gasteiger charge is -2.36. The van der Waals surface area contributed by atoms with Crippen molar-refractivity contribution in [3.8, 4) is 0 Å². The van der Waals surface area contributed by atoms with Gasteiger partial charge >= 0.3 is 5.69 Å². The third kappa shape index (κ3) is 4.06. The summed E-state index contributed by atoms with van der Waals surface area (Å²) in [5.41, 5.74) is 2.15. The molecule has 1 atom stereocenters. The van der Waals surface area contributed by atoms with Crippen molar-refractivity contribution >= 4 is 28.3 Å². The number of hydrogen-bond donors (Lipinski definition) is 2. The third-order valence-corrected chi connectivity index (χ3v) is 5.40. The van der Waals surface area contributed by atoms with E-state index >= 15 is 0 Å². The number of piperazine rings is 1. The highest BCUT2D eigenvalue weighted by molar-refractivity contribution is 6.31. The maximum absolute atomic E-state index is 13.1. The van der Waals surface area contributed by atoms with Crippen molar-refractivity contribution in [2.75, 3.05) is 37.6 Å². The summed E-state index contributed by atoms with van der Waals surface area (Å²) in [5.74, 6) is -0.236. The van der Waals surface area contributed by atoms with Crippen LogP contribution in [0.4, 0.5) is 10.1 Å². The van der Waals surface area contributed by atoms with E-state index < -0.39 is 6.10 Å². The van der Waals surface area contributed by atoms with Crippen molar-refractivity contribution < 1.29 is 9.50 Å². The Morgan fingerprint density at radius 3 is 2.50 bits per heavy atom. The van der Waals surface area contributed by atoms with Crippen LogP contribution in [0.15, 0.2) is 47.3 Å². The molecule has 6 nitrogen and oxygen atoms in total. The van der Waals surface area contributed by atoms with Crippen LogP contribution in [0.25, 0.3) is 11.0 Å². The molecule has 1 aromatic heterocycles. The van der Waals surface area contributed by atoms with E-state index in [0.717, 1.165) is 37.4 Å². The number of nitrogens with zero attached hydrogens (tertiary/aromatic N) is 3. The Hall–Kier alpha value is -2.35. The largest absolute Gasteiger partial charge is 0.390 e. The number of fused-ring (bicyclic) bond motifs is 1. The average molecular weight is 405 g/mol. The van der Waals surface area contributed by atoms with Crippen LogP contribution in [0.5, 0.6) is 0 Å². The van der Waals surface area contributed by atoms with E-state index in [1.165, 1.54) is 12.1 Å². The number of aliphatic hydroxyl groups excluding tert-OH is 1. The van der Waals surface area contributed by atoms with Gasteiger partial charge in [0.05, 0.1) is 23.7 Å². The molecule has 3 aromatic rings. The number of aromatic nitrogens is 2. The summed E-state index contributed by atoms with van der Waals surface area (Å²) < 4.78 is 14.6. The van der Waals surface area contributed by atoms with Crippen molar-refractivity contribution in [1.29, 1.82) is 0 Å². The molecule has 0 bridgehead atoms. The molecule has 0 radical (unpaired) electrons. The number of aromatic amines is 1. The summed E-state index contributed by atoms with van der Waals surface area (Å²) >= 11 is 5.97. The van der Waals surface area contributed by atoms with Gasteiger partial charge in [-0.05, 0) is 42.5 Å². The van der Waals surface area contributed by atoms with Gasteiger partial charge in [0.25, 0.3) is 0 Å². The van der Waals surface area contributed by atoms with Crippen LogP contribution in [-0.2, 0) is 6.54 Å². The molecule has 4 rings (SSSR count). The fourth-order valence-corrected chi connectivity index (χ4v) is 3.90.